The number of nitrogens with one attached hydrogen (secondary N) is 1. The summed E-state index contributed by atoms with van der Waals surface area (Å²) in [5.74, 6) is 0. The van der Waals surface area contributed by atoms with E-state index in [1.807, 2.05) is 31.0 Å². The van der Waals surface area contributed by atoms with Gasteiger partial charge in [-0.1, -0.05) is 0 Å². The second kappa shape index (κ2) is 4.76. The van der Waals surface area contributed by atoms with E-state index in [4.69, 9.17) is 0 Å². The number of rotatable bonds is 4. The Morgan fingerprint density at radius 2 is 2.38 bits per heavy atom. The van der Waals surface area contributed by atoms with Crippen molar-refractivity contribution in [3.8, 4) is 0 Å². The van der Waals surface area contributed by atoms with Crippen molar-refractivity contribution in [2.75, 3.05) is 0 Å². The number of hydrogen-bond acceptors (Lipinski definition) is 4. The van der Waals surface area contributed by atoms with Crippen molar-refractivity contribution in [1.29, 1.82) is 0 Å². The summed E-state index contributed by atoms with van der Waals surface area (Å²) in [6.45, 7) is 4.98. The molecule has 0 aliphatic rings. The zero-order chi connectivity index (χ0) is 11.5. The van der Waals surface area contributed by atoms with Crippen LogP contribution in [0.1, 0.15) is 29.2 Å². The van der Waals surface area contributed by atoms with Crippen molar-refractivity contribution in [2.24, 2.45) is 7.05 Å². The molecule has 4 nitrogen and oxygen atoms in total. The third-order valence-corrected chi connectivity index (χ3v) is 3.52. The van der Waals surface area contributed by atoms with Crippen LogP contribution in [0.4, 0.5) is 0 Å². The minimum Gasteiger partial charge on any atom is -0.304 e. The molecule has 16 heavy (non-hydrogen) atoms. The molecule has 1 atom stereocenters. The smallest absolute Gasteiger partial charge is 0.110 e. The molecule has 0 aliphatic heterocycles. The predicted octanol–water partition coefficient (Wildman–Crippen LogP) is 2.04. The molecule has 2 aromatic rings. The van der Waals surface area contributed by atoms with Crippen LogP contribution in [-0.2, 0) is 13.6 Å². The first-order valence-electron chi connectivity index (χ1n) is 5.28. The second-order valence-electron chi connectivity index (χ2n) is 3.95. The van der Waals surface area contributed by atoms with Crippen molar-refractivity contribution < 1.29 is 0 Å². The van der Waals surface area contributed by atoms with Crippen LogP contribution in [0.15, 0.2) is 17.8 Å². The lowest BCUT2D eigenvalue weighted by Crippen LogP contribution is -2.17. The van der Waals surface area contributed by atoms with Crippen LogP contribution in [0.25, 0.3) is 0 Å². The molecule has 0 spiro atoms. The Labute approximate surface area is 99.3 Å². The van der Waals surface area contributed by atoms with Crippen molar-refractivity contribution in [3.63, 3.8) is 0 Å². The van der Waals surface area contributed by atoms with Crippen LogP contribution in [-0.4, -0.2) is 14.8 Å². The van der Waals surface area contributed by atoms with Crippen LogP contribution < -0.4 is 5.32 Å². The van der Waals surface area contributed by atoms with E-state index in [1.54, 1.807) is 11.3 Å². The zero-order valence-corrected chi connectivity index (χ0v) is 10.6. The van der Waals surface area contributed by atoms with Gasteiger partial charge in [0.15, 0.2) is 0 Å². The maximum absolute atomic E-state index is 4.46. The molecule has 86 valence electrons. The maximum atomic E-state index is 4.46. The molecule has 0 fully saturated rings. The van der Waals surface area contributed by atoms with Crippen LogP contribution >= 0.6 is 11.3 Å². The first-order valence-corrected chi connectivity index (χ1v) is 6.16. The number of aryl methyl sites for hydroxylation is 2. The maximum Gasteiger partial charge on any atom is 0.110 e. The Hall–Kier alpha value is -1.20. The van der Waals surface area contributed by atoms with E-state index in [0.717, 1.165) is 17.2 Å². The SMILES string of the molecule is Cc1csc(C(C)NCc2cnn(C)c2)n1. The fourth-order valence-electron chi connectivity index (χ4n) is 1.49. The van der Waals surface area contributed by atoms with Gasteiger partial charge >= 0.3 is 0 Å². The molecular weight excluding hydrogens is 220 g/mol. The summed E-state index contributed by atoms with van der Waals surface area (Å²) in [6, 6.07) is 0.291. The van der Waals surface area contributed by atoms with Gasteiger partial charge in [-0.3, -0.25) is 4.68 Å². The zero-order valence-electron chi connectivity index (χ0n) is 9.77. The Balaban J connectivity index is 1.91. The molecule has 2 aromatic heterocycles. The second-order valence-corrected chi connectivity index (χ2v) is 4.84. The number of hydrogen-bond donors (Lipinski definition) is 1. The number of thiazole rings is 1. The molecule has 0 aliphatic carbocycles. The van der Waals surface area contributed by atoms with Crippen LogP contribution in [0.2, 0.25) is 0 Å². The van der Waals surface area contributed by atoms with Gasteiger partial charge in [-0.2, -0.15) is 5.10 Å². The summed E-state index contributed by atoms with van der Waals surface area (Å²) in [7, 11) is 1.93. The minimum absolute atomic E-state index is 0.291. The van der Waals surface area contributed by atoms with Gasteiger partial charge in [-0.15, -0.1) is 11.3 Å². The van der Waals surface area contributed by atoms with Crippen LogP contribution in [0.3, 0.4) is 0 Å². The highest BCUT2D eigenvalue weighted by molar-refractivity contribution is 7.09. The van der Waals surface area contributed by atoms with E-state index in [-0.39, 0.29) is 0 Å². The average Bonchev–Trinajstić information content (AvgIpc) is 2.84. The van der Waals surface area contributed by atoms with Gasteiger partial charge in [0.2, 0.25) is 0 Å². The summed E-state index contributed by atoms with van der Waals surface area (Å²) in [4.78, 5) is 4.46. The molecule has 0 amide bonds. The molecule has 0 saturated carbocycles. The van der Waals surface area contributed by atoms with E-state index in [2.05, 4.69) is 27.7 Å². The third kappa shape index (κ3) is 2.68. The average molecular weight is 236 g/mol. The Morgan fingerprint density at radius 3 is 2.94 bits per heavy atom. The lowest BCUT2D eigenvalue weighted by atomic mass is 10.3. The third-order valence-electron chi connectivity index (χ3n) is 2.38. The van der Waals surface area contributed by atoms with Gasteiger partial charge in [0.05, 0.1) is 12.2 Å². The van der Waals surface area contributed by atoms with Gasteiger partial charge in [0.1, 0.15) is 5.01 Å². The molecule has 0 saturated heterocycles. The first-order chi connectivity index (χ1) is 7.65. The van der Waals surface area contributed by atoms with Crippen molar-refractivity contribution in [2.45, 2.75) is 26.4 Å². The van der Waals surface area contributed by atoms with E-state index >= 15 is 0 Å². The van der Waals surface area contributed by atoms with Gasteiger partial charge in [0, 0.05) is 36.4 Å². The van der Waals surface area contributed by atoms with E-state index in [9.17, 15) is 0 Å². The Morgan fingerprint density at radius 1 is 1.56 bits per heavy atom. The predicted molar refractivity (Wildman–Crippen MR) is 65.3 cm³/mol. The quantitative estimate of drug-likeness (QED) is 0.883. The van der Waals surface area contributed by atoms with E-state index in [0.29, 0.717) is 6.04 Å². The number of aromatic nitrogens is 3. The largest absolute Gasteiger partial charge is 0.304 e. The first kappa shape index (κ1) is 11.3. The van der Waals surface area contributed by atoms with Gasteiger partial charge in [-0.05, 0) is 13.8 Å². The monoisotopic (exact) mass is 236 g/mol. The van der Waals surface area contributed by atoms with Crippen molar-refractivity contribution in [1.82, 2.24) is 20.1 Å². The fourth-order valence-corrected chi connectivity index (χ4v) is 2.32. The highest BCUT2D eigenvalue weighted by Crippen LogP contribution is 2.17. The summed E-state index contributed by atoms with van der Waals surface area (Å²) in [5.41, 5.74) is 2.29. The minimum atomic E-state index is 0.291. The molecule has 5 heteroatoms. The molecule has 1 N–H and O–H groups in total. The standard InChI is InChI=1S/C11H16N4S/c1-8-7-16-11(14-8)9(2)12-4-10-5-13-15(3)6-10/h5-7,9,12H,4H2,1-3H3. The van der Waals surface area contributed by atoms with Crippen LogP contribution in [0, 0.1) is 6.92 Å². The molecule has 0 aromatic carbocycles. The molecule has 2 heterocycles. The molecular formula is C11H16N4S. The summed E-state index contributed by atoms with van der Waals surface area (Å²) in [6.07, 6.45) is 3.90. The van der Waals surface area contributed by atoms with E-state index < -0.39 is 0 Å². The Bertz CT molecular complexity index is 460. The summed E-state index contributed by atoms with van der Waals surface area (Å²) in [5, 5.41) is 10.8. The lowest BCUT2D eigenvalue weighted by Gasteiger charge is -2.09. The van der Waals surface area contributed by atoms with Crippen LogP contribution in [0.5, 0.6) is 0 Å². The number of nitrogens with zero attached hydrogens (tertiary/aromatic N) is 3. The molecule has 1 unspecified atom stereocenters. The topological polar surface area (TPSA) is 42.7 Å². The highest BCUT2D eigenvalue weighted by Gasteiger charge is 2.08. The van der Waals surface area contributed by atoms with Gasteiger partial charge in [-0.25, -0.2) is 4.98 Å². The lowest BCUT2D eigenvalue weighted by molar-refractivity contribution is 0.571. The Kier molecular flexibility index (Phi) is 3.36. The molecule has 0 bridgehead atoms. The fraction of sp³-hybridized carbons (Fsp3) is 0.455. The summed E-state index contributed by atoms with van der Waals surface area (Å²) >= 11 is 1.70. The van der Waals surface area contributed by atoms with Crippen molar-refractivity contribution in [3.05, 3.63) is 34.0 Å². The van der Waals surface area contributed by atoms with Gasteiger partial charge in [0.25, 0.3) is 0 Å². The highest BCUT2D eigenvalue weighted by atomic mass is 32.1. The molecule has 0 radical (unpaired) electrons. The normalized spacial score (nSPS) is 12.9. The molecule has 2 rings (SSSR count). The summed E-state index contributed by atoms with van der Waals surface area (Å²) < 4.78 is 1.81. The van der Waals surface area contributed by atoms with E-state index in [1.165, 1.54) is 5.56 Å². The van der Waals surface area contributed by atoms with Crippen molar-refractivity contribution >= 4 is 11.3 Å². The van der Waals surface area contributed by atoms with Gasteiger partial charge < -0.3 is 5.32 Å².